The molecular formula is C23H24N4O3S2. The second kappa shape index (κ2) is 8.06. The molecule has 32 heavy (non-hydrogen) atoms. The number of amides is 1. The number of carbonyl (C=O) groups is 1. The predicted octanol–water partition coefficient (Wildman–Crippen LogP) is 3.33. The highest BCUT2D eigenvalue weighted by molar-refractivity contribution is 7.91. The molecule has 0 radical (unpaired) electrons. The summed E-state index contributed by atoms with van der Waals surface area (Å²) in [5.41, 5.74) is 4.71. The zero-order valence-corrected chi connectivity index (χ0v) is 19.5. The third-order valence-electron chi connectivity index (χ3n) is 5.95. The molecule has 7 nitrogen and oxygen atoms in total. The van der Waals surface area contributed by atoms with Crippen molar-refractivity contribution in [2.75, 3.05) is 11.9 Å². The zero-order valence-electron chi connectivity index (χ0n) is 17.9. The third-order valence-corrected chi connectivity index (χ3v) is 9.32. The minimum absolute atomic E-state index is 0.0253. The highest BCUT2D eigenvalue weighted by atomic mass is 32.2. The molecule has 0 bridgehead atoms. The Morgan fingerprint density at radius 2 is 1.94 bits per heavy atom. The lowest BCUT2D eigenvalue weighted by atomic mass is 10.0. The van der Waals surface area contributed by atoms with Crippen LogP contribution in [0.25, 0.3) is 11.3 Å². The number of fused-ring (bicyclic) bond motifs is 1. The van der Waals surface area contributed by atoms with Crippen LogP contribution >= 0.6 is 11.3 Å². The van der Waals surface area contributed by atoms with Gasteiger partial charge in [-0.3, -0.25) is 14.7 Å². The maximum Gasteiger partial charge on any atom is 0.252 e. The van der Waals surface area contributed by atoms with Gasteiger partial charge < -0.3 is 0 Å². The van der Waals surface area contributed by atoms with Crippen LogP contribution in [-0.2, 0) is 27.7 Å². The smallest absolute Gasteiger partial charge is 0.252 e. The molecule has 1 unspecified atom stereocenters. The molecule has 0 saturated heterocycles. The standard InChI is InChI=1S/C23H24N4O3S2/c1-14-22(32(29,30)26-19-8-9-19)31-23(25-14)27(2)21(28)18-11-15-6-7-16(12-17(15)13-18)20-5-3-4-10-24-20/h3-7,10,12,18-19,26H,8-9,11,13H2,1-2H3. The fourth-order valence-corrected chi connectivity index (χ4v) is 6.88. The maximum atomic E-state index is 13.2. The van der Waals surface area contributed by atoms with E-state index in [4.69, 9.17) is 0 Å². The van der Waals surface area contributed by atoms with Crippen LogP contribution in [0.2, 0.25) is 0 Å². The molecule has 0 spiro atoms. The number of aromatic nitrogens is 2. The van der Waals surface area contributed by atoms with E-state index in [0.29, 0.717) is 23.7 Å². The summed E-state index contributed by atoms with van der Waals surface area (Å²) < 4.78 is 28.1. The van der Waals surface area contributed by atoms with Crippen LogP contribution in [0.5, 0.6) is 0 Å². The first kappa shape index (κ1) is 21.2. The number of anilines is 1. The molecule has 0 aliphatic heterocycles. The van der Waals surface area contributed by atoms with Crippen molar-refractivity contribution in [1.29, 1.82) is 0 Å². The number of thiazole rings is 1. The minimum Gasteiger partial charge on any atom is -0.291 e. The molecule has 1 amide bonds. The number of sulfonamides is 1. The van der Waals surface area contributed by atoms with Crippen LogP contribution in [0.15, 0.2) is 46.8 Å². The molecule has 2 aliphatic rings. The topological polar surface area (TPSA) is 92.3 Å². The fourth-order valence-electron chi connectivity index (χ4n) is 4.09. The molecule has 1 atom stereocenters. The Morgan fingerprint density at radius 1 is 1.16 bits per heavy atom. The van der Waals surface area contributed by atoms with Gasteiger partial charge in [0.05, 0.1) is 11.4 Å². The first-order valence-corrected chi connectivity index (χ1v) is 12.9. The third kappa shape index (κ3) is 4.07. The van der Waals surface area contributed by atoms with Crippen LogP contribution in [0.3, 0.4) is 0 Å². The molecule has 1 aromatic carbocycles. The van der Waals surface area contributed by atoms with Gasteiger partial charge in [0.1, 0.15) is 0 Å². The van der Waals surface area contributed by atoms with Crippen LogP contribution in [0.1, 0.15) is 29.7 Å². The van der Waals surface area contributed by atoms with Gasteiger partial charge in [-0.2, -0.15) is 0 Å². The number of aryl methyl sites for hydroxylation is 1. The van der Waals surface area contributed by atoms with E-state index in [1.54, 1.807) is 20.2 Å². The average Bonchev–Trinajstić information content (AvgIpc) is 3.33. The van der Waals surface area contributed by atoms with Crippen molar-refractivity contribution >= 4 is 32.4 Å². The van der Waals surface area contributed by atoms with E-state index in [1.807, 2.05) is 24.3 Å². The second-order valence-corrected chi connectivity index (χ2v) is 11.4. The molecule has 3 aromatic rings. The molecule has 2 aliphatic carbocycles. The van der Waals surface area contributed by atoms with Crippen molar-refractivity contribution in [3.05, 3.63) is 59.4 Å². The van der Waals surface area contributed by atoms with E-state index >= 15 is 0 Å². The lowest BCUT2D eigenvalue weighted by Crippen LogP contribution is -2.33. The van der Waals surface area contributed by atoms with Crippen molar-refractivity contribution in [2.45, 2.75) is 42.9 Å². The van der Waals surface area contributed by atoms with Crippen molar-refractivity contribution in [3.63, 3.8) is 0 Å². The normalized spacial score (nSPS) is 17.9. The number of hydrogen-bond acceptors (Lipinski definition) is 6. The SMILES string of the molecule is Cc1nc(N(C)C(=O)C2Cc3ccc(-c4ccccn4)cc3C2)sc1S(=O)(=O)NC1CC1. The number of benzene rings is 1. The highest BCUT2D eigenvalue weighted by Crippen LogP contribution is 2.35. The van der Waals surface area contributed by atoms with Crippen molar-refractivity contribution < 1.29 is 13.2 Å². The lowest BCUT2D eigenvalue weighted by Gasteiger charge is -2.18. The predicted molar refractivity (Wildman–Crippen MR) is 124 cm³/mol. The number of carbonyl (C=O) groups excluding carboxylic acids is 1. The number of rotatable bonds is 6. The highest BCUT2D eigenvalue weighted by Gasteiger charge is 2.34. The van der Waals surface area contributed by atoms with Crippen molar-refractivity contribution in [3.8, 4) is 11.3 Å². The Hall–Kier alpha value is -2.62. The summed E-state index contributed by atoms with van der Waals surface area (Å²) in [7, 11) is -1.92. The summed E-state index contributed by atoms with van der Waals surface area (Å²) in [5, 5.41) is 0.411. The van der Waals surface area contributed by atoms with E-state index in [2.05, 4.69) is 26.8 Å². The number of hydrogen-bond donors (Lipinski definition) is 1. The van der Waals surface area contributed by atoms with Gasteiger partial charge in [-0.05, 0) is 61.9 Å². The van der Waals surface area contributed by atoms with Gasteiger partial charge in [0.25, 0.3) is 10.0 Å². The first-order chi connectivity index (χ1) is 15.3. The Labute approximate surface area is 191 Å². The summed E-state index contributed by atoms with van der Waals surface area (Å²) in [6, 6.07) is 12.1. The molecule has 1 N–H and O–H groups in total. The molecule has 166 valence electrons. The summed E-state index contributed by atoms with van der Waals surface area (Å²) in [5.74, 6) is -0.240. The van der Waals surface area contributed by atoms with Crippen LogP contribution in [0.4, 0.5) is 5.13 Å². The second-order valence-electron chi connectivity index (χ2n) is 8.47. The monoisotopic (exact) mass is 468 g/mol. The minimum atomic E-state index is -3.60. The quantitative estimate of drug-likeness (QED) is 0.599. The van der Waals surface area contributed by atoms with E-state index < -0.39 is 10.0 Å². The summed E-state index contributed by atoms with van der Waals surface area (Å²) in [4.78, 5) is 23.6. The van der Waals surface area contributed by atoms with Crippen LogP contribution in [-0.4, -0.2) is 37.4 Å². The molecule has 9 heteroatoms. The number of pyridine rings is 1. The summed E-state index contributed by atoms with van der Waals surface area (Å²) >= 11 is 1.05. The molecule has 2 aromatic heterocycles. The average molecular weight is 469 g/mol. The zero-order chi connectivity index (χ0) is 22.5. The summed E-state index contributed by atoms with van der Waals surface area (Å²) in [6.07, 6.45) is 4.82. The van der Waals surface area contributed by atoms with E-state index in [0.717, 1.165) is 41.0 Å². The van der Waals surface area contributed by atoms with E-state index in [1.165, 1.54) is 10.5 Å². The van der Waals surface area contributed by atoms with Gasteiger partial charge in [0.2, 0.25) is 5.91 Å². The van der Waals surface area contributed by atoms with Crippen LogP contribution in [0, 0.1) is 12.8 Å². The maximum absolute atomic E-state index is 13.2. The van der Waals surface area contributed by atoms with Crippen molar-refractivity contribution in [2.24, 2.45) is 5.92 Å². The Kier molecular flexibility index (Phi) is 5.35. The summed E-state index contributed by atoms with van der Waals surface area (Å²) in [6.45, 7) is 1.67. The molecular weight excluding hydrogens is 444 g/mol. The van der Waals surface area contributed by atoms with Gasteiger partial charge in [-0.15, -0.1) is 0 Å². The lowest BCUT2D eigenvalue weighted by molar-refractivity contribution is -0.121. The Bertz CT molecular complexity index is 1280. The van der Waals surface area contributed by atoms with Gasteiger partial charge in [-0.25, -0.2) is 18.1 Å². The van der Waals surface area contributed by atoms with E-state index in [9.17, 15) is 13.2 Å². The van der Waals surface area contributed by atoms with Gasteiger partial charge in [-0.1, -0.05) is 29.5 Å². The van der Waals surface area contributed by atoms with Gasteiger partial charge in [0.15, 0.2) is 9.34 Å². The molecule has 1 saturated carbocycles. The number of nitrogens with one attached hydrogen (secondary N) is 1. The fraction of sp³-hybridized carbons (Fsp3) is 0.348. The Morgan fingerprint density at radius 3 is 2.66 bits per heavy atom. The van der Waals surface area contributed by atoms with E-state index in [-0.39, 0.29) is 22.1 Å². The largest absolute Gasteiger partial charge is 0.291 e. The number of nitrogens with zero attached hydrogens (tertiary/aromatic N) is 3. The van der Waals surface area contributed by atoms with Crippen LogP contribution < -0.4 is 9.62 Å². The first-order valence-electron chi connectivity index (χ1n) is 10.6. The molecule has 2 heterocycles. The Balaban J connectivity index is 1.33. The molecule has 5 rings (SSSR count). The molecule has 1 fully saturated rings. The van der Waals surface area contributed by atoms with Crippen molar-refractivity contribution in [1.82, 2.24) is 14.7 Å². The van der Waals surface area contributed by atoms with Gasteiger partial charge >= 0.3 is 0 Å². The van der Waals surface area contributed by atoms with Gasteiger partial charge in [0, 0.05) is 30.8 Å².